The summed E-state index contributed by atoms with van der Waals surface area (Å²) in [5.41, 5.74) is 2.37. The summed E-state index contributed by atoms with van der Waals surface area (Å²) in [7, 11) is 0.982. The SMILES string of the molecule is COC(=O)c1nc(-c2ccc(OC(F)F)c(F)c2F)c(F)c(N)c1Cl. The quantitative estimate of drug-likeness (QED) is 0.643. The highest BCUT2D eigenvalue weighted by Gasteiger charge is 2.26. The minimum absolute atomic E-state index is 0.577. The first kappa shape index (κ1) is 18.7. The van der Waals surface area contributed by atoms with E-state index in [0.29, 0.717) is 6.07 Å². The summed E-state index contributed by atoms with van der Waals surface area (Å²) in [6, 6.07) is 1.37. The van der Waals surface area contributed by atoms with Crippen LogP contribution < -0.4 is 10.5 Å². The van der Waals surface area contributed by atoms with Crippen LogP contribution in [-0.2, 0) is 4.74 Å². The van der Waals surface area contributed by atoms with Crippen molar-refractivity contribution in [3.8, 4) is 17.0 Å². The van der Waals surface area contributed by atoms with Gasteiger partial charge in [-0.1, -0.05) is 11.6 Å². The minimum atomic E-state index is -3.40. The first-order valence-corrected chi connectivity index (χ1v) is 6.72. The second-order valence-electron chi connectivity index (χ2n) is 4.46. The van der Waals surface area contributed by atoms with Gasteiger partial charge in [-0.25, -0.2) is 18.6 Å². The molecule has 2 rings (SSSR count). The molecule has 25 heavy (non-hydrogen) atoms. The molecule has 0 aliphatic carbocycles. The summed E-state index contributed by atoms with van der Waals surface area (Å²) in [5.74, 6) is -7.06. The van der Waals surface area contributed by atoms with Crippen LogP contribution in [0.15, 0.2) is 12.1 Å². The number of alkyl halides is 2. The van der Waals surface area contributed by atoms with E-state index in [-0.39, 0.29) is 0 Å². The highest BCUT2D eigenvalue weighted by molar-refractivity contribution is 6.35. The van der Waals surface area contributed by atoms with Gasteiger partial charge in [-0.2, -0.15) is 13.2 Å². The van der Waals surface area contributed by atoms with Crippen LogP contribution in [0.25, 0.3) is 11.3 Å². The van der Waals surface area contributed by atoms with E-state index in [1.54, 1.807) is 0 Å². The molecule has 2 N–H and O–H groups in total. The van der Waals surface area contributed by atoms with Crippen molar-refractivity contribution >= 4 is 23.3 Å². The van der Waals surface area contributed by atoms with E-state index in [9.17, 15) is 26.7 Å². The number of nitrogens with two attached hydrogens (primary N) is 1. The molecule has 0 saturated carbocycles. The van der Waals surface area contributed by atoms with Gasteiger partial charge < -0.3 is 15.2 Å². The third-order valence-corrected chi connectivity index (χ3v) is 3.39. The van der Waals surface area contributed by atoms with E-state index in [2.05, 4.69) is 14.5 Å². The average Bonchev–Trinajstić information content (AvgIpc) is 2.57. The highest BCUT2D eigenvalue weighted by Crippen LogP contribution is 2.36. The van der Waals surface area contributed by atoms with Gasteiger partial charge in [0.1, 0.15) is 5.69 Å². The summed E-state index contributed by atoms with van der Waals surface area (Å²) in [6.45, 7) is -3.40. The number of carbonyl (C=O) groups excluding carboxylic acids is 1. The first-order valence-electron chi connectivity index (χ1n) is 6.35. The lowest BCUT2D eigenvalue weighted by molar-refractivity contribution is -0.0525. The number of nitrogens with zero attached hydrogens (tertiary/aromatic N) is 1. The molecule has 0 bridgehead atoms. The molecule has 5 nitrogen and oxygen atoms in total. The highest BCUT2D eigenvalue weighted by atomic mass is 35.5. The lowest BCUT2D eigenvalue weighted by Gasteiger charge is -2.12. The number of methoxy groups -OCH3 is 1. The number of esters is 1. The summed E-state index contributed by atoms with van der Waals surface area (Å²) < 4.78 is 74.6. The number of benzene rings is 1. The molecule has 0 amide bonds. The summed E-state index contributed by atoms with van der Waals surface area (Å²) >= 11 is 5.69. The molecule has 0 aliphatic heterocycles. The molecule has 0 radical (unpaired) electrons. The van der Waals surface area contributed by atoms with Gasteiger partial charge in [0.2, 0.25) is 5.82 Å². The molecule has 0 unspecified atom stereocenters. The number of rotatable bonds is 4. The van der Waals surface area contributed by atoms with Crippen LogP contribution >= 0.6 is 11.6 Å². The lowest BCUT2D eigenvalue weighted by atomic mass is 10.1. The van der Waals surface area contributed by atoms with Gasteiger partial charge in [-0.3, -0.25) is 0 Å². The van der Waals surface area contributed by atoms with Gasteiger partial charge in [0.05, 0.1) is 17.8 Å². The third kappa shape index (κ3) is 3.43. The van der Waals surface area contributed by atoms with Crippen molar-refractivity contribution in [2.45, 2.75) is 6.61 Å². The van der Waals surface area contributed by atoms with Gasteiger partial charge in [0.15, 0.2) is 23.1 Å². The van der Waals surface area contributed by atoms with Crippen molar-refractivity contribution in [2.24, 2.45) is 0 Å². The van der Waals surface area contributed by atoms with Crippen LogP contribution in [0.3, 0.4) is 0 Å². The van der Waals surface area contributed by atoms with Crippen LogP contribution in [0.2, 0.25) is 5.02 Å². The molecule has 1 aromatic carbocycles. The smallest absolute Gasteiger partial charge is 0.387 e. The van der Waals surface area contributed by atoms with E-state index in [1.807, 2.05) is 0 Å². The molecule has 134 valence electrons. The van der Waals surface area contributed by atoms with Crippen molar-refractivity contribution in [2.75, 3.05) is 12.8 Å². The normalized spacial score (nSPS) is 10.9. The van der Waals surface area contributed by atoms with Crippen LogP contribution in [0.1, 0.15) is 10.5 Å². The average molecular weight is 383 g/mol. The largest absolute Gasteiger partial charge is 0.464 e. The van der Waals surface area contributed by atoms with E-state index in [0.717, 1.165) is 13.2 Å². The number of hydrogen-bond acceptors (Lipinski definition) is 5. The Kier molecular flexibility index (Phi) is 5.31. The third-order valence-electron chi connectivity index (χ3n) is 3.01. The number of hydrogen-bond donors (Lipinski definition) is 1. The van der Waals surface area contributed by atoms with E-state index >= 15 is 0 Å². The monoisotopic (exact) mass is 382 g/mol. The Morgan fingerprint density at radius 1 is 1.20 bits per heavy atom. The fourth-order valence-electron chi connectivity index (χ4n) is 1.87. The Morgan fingerprint density at radius 2 is 1.84 bits per heavy atom. The summed E-state index contributed by atoms with van der Waals surface area (Å²) in [6.07, 6.45) is 0. The Balaban J connectivity index is 2.68. The maximum Gasteiger partial charge on any atom is 0.387 e. The van der Waals surface area contributed by atoms with Crippen molar-refractivity contribution in [1.29, 1.82) is 0 Å². The van der Waals surface area contributed by atoms with Gasteiger partial charge in [0, 0.05) is 5.56 Å². The number of halogens is 6. The zero-order valence-electron chi connectivity index (χ0n) is 12.2. The Morgan fingerprint density at radius 3 is 2.40 bits per heavy atom. The molecule has 2 aromatic rings. The van der Waals surface area contributed by atoms with Crippen LogP contribution in [0, 0.1) is 17.5 Å². The van der Waals surface area contributed by atoms with E-state index in [4.69, 9.17) is 17.3 Å². The number of aromatic nitrogens is 1. The fraction of sp³-hybridized carbons (Fsp3) is 0.143. The van der Waals surface area contributed by atoms with Crippen LogP contribution in [0.4, 0.5) is 27.6 Å². The maximum absolute atomic E-state index is 14.3. The van der Waals surface area contributed by atoms with Gasteiger partial charge >= 0.3 is 12.6 Å². The van der Waals surface area contributed by atoms with Gasteiger partial charge in [-0.05, 0) is 12.1 Å². The molecule has 1 aromatic heterocycles. The number of nitrogen functional groups attached to an aromatic ring is 1. The summed E-state index contributed by atoms with van der Waals surface area (Å²) in [4.78, 5) is 15.1. The molecule has 0 aliphatic rings. The molecule has 1 heterocycles. The fourth-order valence-corrected chi connectivity index (χ4v) is 2.08. The minimum Gasteiger partial charge on any atom is -0.464 e. The van der Waals surface area contributed by atoms with Crippen molar-refractivity contribution in [3.05, 3.63) is 40.3 Å². The zero-order chi connectivity index (χ0) is 18.9. The molecule has 0 atom stereocenters. The van der Waals surface area contributed by atoms with Crippen LogP contribution in [0.5, 0.6) is 5.75 Å². The lowest BCUT2D eigenvalue weighted by Crippen LogP contribution is -2.11. The number of pyridine rings is 1. The predicted molar refractivity (Wildman–Crippen MR) is 76.9 cm³/mol. The van der Waals surface area contributed by atoms with Crippen molar-refractivity contribution in [1.82, 2.24) is 4.98 Å². The molecule has 11 heteroatoms. The summed E-state index contributed by atoms with van der Waals surface area (Å²) in [5, 5.41) is -0.577. The van der Waals surface area contributed by atoms with Crippen LogP contribution in [-0.4, -0.2) is 24.7 Å². The number of carbonyl (C=O) groups is 1. The predicted octanol–water partition coefficient (Wildman–Crippen LogP) is 3.79. The van der Waals surface area contributed by atoms with Gasteiger partial charge in [-0.15, -0.1) is 0 Å². The van der Waals surface area contributed by atoms with Crippen molar-refractivity contribution in [3.63, 3.8) is 0 Å². The molecule has 0 spiro atoms. The zero-order valence-corrected chi connectivity index (χ0v) is 13.0. The molecular weight excluding hydrogens is 375 g/mol. The van der Waals surface area contributed by atoms with Crippen molar-refractivity contribution < 1.29 is 36.2 Å². The molecule has 0 fully saturated rings. The standard InChI is InChI=1S/C14H8ClF5N2O3/c1-24-13(23)12-6(15)10(21)9(18)11(22-12)4-2-3-5(25-14(19)20)8(17)7(4)16/h2-3,14H,1H3,(H2,21,22). The first-order chi connectivity index (χ1) is 11.7. The molecule has 0 saturated heterocycles. The molecular formula is C14H8ClF5N2O3. The number of anilines is 1. The second kappa shape index (κ2) is 7.09. The number of ether oxygens (including phenoxy) is 2. The van der Waals surface area contributed by atoms with Gasteiger partial charge in [0.25, 0.3) is 0 Å². The maximum atomic E-state index is 14.3. The Labute approximate surface area is 142 Å². The van der Waals surface area contributed by atoms with E-state index < -0.39 is 63.4 Å². The topological polar surface area (TPSA) is 74.4 Å². The second-order valence-corrected chi connectivity index (χ2v) is 4.84. The van der Waals surface area contributed by atoms with E-state index in [1.165, 1.54) is 0 Å². The Hall–Kier alpha value is -2.62. The Bertz CT molecular complexity index is 848.